The smallest absolute Gasteiger partial charge is 0.163 e. The van der Waals surface area contributed by atoms with Gasteiger partial charge in [-0.05, 0) is 66.2 Å². The van der Waals surface area contributed by atoms with Gasteiger partial charge in [-0.25, -0.2) is 0 Å². The fourth-order valence-corrected chi connectivity index (χ4v) is 4.70. The van der Waals surface area contributed by atoms with Crippen molar-refractivity contribution >= 4 is 29.7 Å². The highest BCUT2D eigenvalue weighted by Gasteiger charge is 2.20. The Kier molecular flexibility index (Phi) is 9.91. The molecule has 0 fully saturated rings. The summed E-state index contributed by atoms with van der Waals surface area (Å²) in [7, 11) is 4.87. The topological polar surface area (TPSA) is 83.7 Å². The summed E-state index contributed by atoms with van der Waals surface area (Å²) in [4.78, 5) is 12.8. The molecule has 0 saturated carbocycles. The minimum Gasteiger partial charge on any atom is -0.496 e. The van der Waals surface area contributed by atoms with E-state index in [1.165, 1.54) is 11.5 Å². The number of hydrogen-bond donors (Lipinski definition) is 1. The van der Waals surface area contributed by atoms with E-state index in [9.17, 15) is 4.79 Å². The van der Waals surface area contributed by atoms with E-state index in [2.05, 4.69) is 18.2 Å². The van der Waals surface area contributed by atoms with Crippen LogP contribution in [-0.4, -0.2) is 37.5 Å². The second-order valence-corrected chi connectivity index (χ2v) is 9.14. The second kappa shape index (κ2) is 12.2. The molecule has 3 aromatic rings. The Morgan fingerprint density at radius 3 is 2.35 bits per heavy atom. The van der Waals surface area contributed by atoms with Crippen molar-refractivity contribution in [1.82, 2.24) is 4.37 Å². The Bertz CT molecular complexity index is 1130. The number of ketones is 1. The molecule has 0 bridgehead atoms. The van der Waals surface area contributed by atoms with Crippen molar-refractivity contribution in [2.75, 3.05) is 21.3 Å². The molecule has 0 saturated heterocycles. The molecule has 0 amide bonds. The standard InChI is InChI=1S/C26H32N2O4S.ClH/c1-15(2)9-21(27)22(29)12-18-11-17(7-8-23(18)30-4)20-14-33-28-25(20)19-10-16(3)26(32-6)24(13-19)31-5;/h7-8,10-11,13-15,21H,9,12,27H2,1-6H3;1H. The Morgan fingerprint density at radius 2 is 1.74 bits per heavy atom. The van der Waals surface area contributed by atoms with Crippen molar-refractivity contribution in [2.45, 2.75) is 39.7 Å². The van der Waals surface area contributed by atoms with Crippen LogP contribution in [0.4, 0.5) is 0 Å². The summed E-state index contributed by atoms with van der Waals surface area (Å²) in [5.41, 5.74) is 11.7. The SMILES string of the molecule is COc1ccc(-c2csnc2-c2cc(C)c(OC)c(OC)c2)cc1CC(=O)C(N)CC(C)C.Cl. The van der Waals surface area contributed by atoms with Gasteiger partial charge < -0.3 is 19.9 Å². The van der Waals surface area contributed by atoms with Gasteiger partial charge in [0.25, 0.3) is 0 Å². The molecule has 0 spiro atoms. The van der Waals surface area contributed by atoms with Crippen molar-refractivity contribution in [3.05, 3.63) is 46.8 Å². The predicted molar refractivity (Wildman–Crippen MR) is 141 cm³/mol. The number of benzene rings is 2. The lowest BCUT2D eigenvalue weighted by atomic mass is 9.94. The maximum absolute atomic E-state index is 12.8. The zero-order valence-corrected chi connectivity index (χ0v) is 22.1. The van der Waals surface area contributed by atoms with Gasteiger partial charge in [0.1, 0.15) is 5.75 Å². The van der Waals surface area contributed by atoms with Gasteiger partial charge in [0.15, 0.2) is 17.3 Å². The molecule has 184 valence electrons. The van der Waals surface area contributed by atoms with Crippen LogP contribution >= 0.6 is 23.9 Å². The third-order valence-corrected chi connectivity index (χ3v) is 6.23. The molecule has 6 nitrogen and oxygen atoms in total. The predicted octanol–water partition coefficient (Wildman–Crippen LogP) is 5.72. The molecule has 1 atom stereocenters. The van der Waals surface area contributed by atoms with Crippen molar-refractivity contribution in [3.63, 3.8) is 0 Å². The Hall–Kier alpha value is -2.61. The fraction of sp³-hybridized carbons (Fsp3) is 0.385. The average molecular weight is 505 g/mol. The molecule has 8 heteroatoms. The molecule has 1 aromatic heterocycles. The van der Waals surface area contributed by atoms with E-state index in [0.29, 0.717) is 29.6 Å². The van der Waals surface area contributed by atoms with E-state index in [1.807, 2.05) is 42.6 Å². The number of carbonyl (C=O) groups is 1. The number of ether oxygens (including phenoxy) is 3. The van der Waals surface area contributed by atoms with E-state index in [4.69, 9.17) is 19.9 Å². The maximum Gasteiger partial charge on any atom is 0.163 e. The number of halogens is 1. The first kappa shape index (κ1) is 27.6. The van der Waals surface area contributed by atoms with Crippen LogP contribution in [0.1, 0.15) is 31.4 Å². The molecule has 3 rings (SSSR count). The Morgan fingerprint density at radius 1 is 1.03 bits per heavy atom. The number of nitrogens with zero attached hydrogens (tertiary/aromatic N) is 1. The molecular formula is C26H33ClN2O4S. The number of aryl methyl sites for hydroxylation is 1. The summed E-state index contributed by atoms with van der Waals surface area (Å²) < 4.78 is 21.2. The minimum absolute atomic E-state index is 0. The Balaban J connectivity index is 0.00000408. The molecule has 2 N–H and O–H groups in total. The van der Waals surface area contributed by atoms with Crippen molar-refractivity contribution in [3.8, 4) is 39.6 Å². The normalized spacial score (nSPS) is 11.6. The lowest BCUT2D eigenvalue weighted by molar-refractivity contribution is -0.120. The van der Waals surface area contributed by atoms with E-state index in [1.54, 1.807) is 21.3 Å². The first-order valence-corrected chi connectivity index (χ1v) is 11.8. The summed E-state index contributed by atoms with van der Waals surface area (Å²) >= 11 is 1.39. The quantitative estimate of drug-likeness (QED) is 0.380. The van der Waals surface area contributed by atoms with Crippen LogP contribution in [0.15, 0.2) is 35.7 Å². The van der Waals surface area contributed by atoms with Crippen LogP contribution in [0.2, 0.25) is 0 Å². The largest absolute Gasteiger partial charge is 0.496 e. The lowest BCUT2D eigenvalue weighted by Crippen LogP contribution is -2.33. The van der Waals surface area contributed by atoms with E-state index < -0.39 is 6.04 Å². The number of hydrogen-bond acceptors (Lipinski definition) is 7. The summed E-state index contributed by atoms with van der Waals surface area (Å²) in [5.74, 6) is 2.42. The van der Waals surface area contributed by atoms with Gasteiger partial charge in [-0.2, -0.15) is 4.37 Å². The van der Waals surface area contributed by atoms with Crippen LogP contribution in [0.5, 0.6) is 17.2 Å². The lowest BCUT2D eigenvalue weighted by Gasteiger charge is -2.16. The first-order chi connectivity index (χ1) is 15.8. The van der Waals surface area contributed by atoms with Gasteiger partial charge in [-0.15, -0.1) is 12.4 Å². The van der Waals surface area contributed by atoms with Crippen LogP contribution < -0.4 is 19.9 Å². The molecule has 0 aliphatic heterocycles. The van der Waals surface area contributed by atoms with E-state index in [0.717, 1.165) is 33.5 Å². The number of methoxy groups -OCH3 is 3. The van der Waals surface area contributed by atoms with Gasteiger partial charge in [0.2, 0.25) is 0 Å². The van der Waals surface area contributed by atoms with E-state index in [-0.39, 0.29) is 24.6 Å². The molecule has 0 aliphatic carbocycles. The summed E-state index contributed by atoms with van der Waals surface area (Å²) in [5, 5.41) is 2.01. The number of Topliss-reactive ketones (excluding diaryl/α,β-unsaturated/α-hetero) is 1. The highest BCUT2D eigenvalue weighted by Crippen LogP contribution is 2.40. The number of rotatable bonds is 10. The summed E-state index contributed by atoms with van der Waals surface area (Å²) in [6.45, 7) is 6.11. The minimum atomic E-state index is -0.480. The molecule has 0 radical (unpaired) electrons. The van der Waals surface area contributed by atoms with Crippen molar-refractivity contribution < 1.29 is 19.0 Å². The summed E-state index contributed by atoms with van der Waals surface area (Å²) in [6.07, 6.45) is 0.894. The molecule has 1 unspecified atom stereocenters. The van der Waals surface area contributed by atoms with Crippen molar-refractivity contribution in [2.24, 2.45) is 11.7 Å². The highest BCUT2D eigenvalue weighted by molar-refractivity contribution is 7.04. The molecule has 34 heavy (non-hydrogen) atoms. The average Bonchev–Trinajstić information content (AvgIpc) is 3.28. The molecule has 1 heterocycles. The van der Waals surface area contributed by atoms with Crippen molar-refractivity contribution in [1.29, 1.82) is 0 Å². The Labute approximate surface area is 212 Å². The van der Waals surface area contributed by atoms with Gasteiger partial charge in [0, 0.05) is 28.5 Å². The number of aromatic nitrogens is 1. The second-order valence-electron chi connectivity index (χ2n) is 8.51. The van der Waals surface area contributed by atoms with Gasteiger partial charge in [0.05, 0.1) is 33.1 Å². The monoisotopic (exact) mass is 504 g/mol. The van der Waals surface area contributed by atoms with Crippen LogP contribution in [-0.2, 0) is 11.2 Å². The van der Waals surface area contributed by atoms with Crippen LogP contribution in [0.25, 0.3) is 22.4 Å². The number of nitrogens with two attached hydrogens (primary N) is 1. The molecule has 0 aliphatic rings. The maximum atomic E-state index is 12.8. The highest BCUT2D eigenvalue weighted by atomic mass is 35.5. The number of carbonyl (C=O) groups excluding carboxylic acids is 1. The zero-order valence-electron chi connectivity index (χ0n) is 20.5. The van der Waals surface area contributed by atoms with Crippen LogP contribution in [0.3, 0.4) is 0 Å². The first-order valence-electron chi connectivity index (χ1n) is 10.9. The van der Waals surface area contributed by atoms with Gasteiger partial charge in [-0.1, -0.05) is 19.9 Å². The van der Waals surface area contributed by atoms with E-state index >= 15 is 0 Å². The zero-order chi connectivity index (χ0) is 24.1. The van der Waals surface area contributed by atoms with Gasteiger partial charge in [-0.3, -0.25) is 4.79 Å². The fourth-order valence-electron chi connectivity index (χ4n) is 3.98. The third kappa shape index (κ3) is 6.09. The van der Waals surface area contributed by atoms with Crippen LogP contribution in [0, 0.1) is 12.8 Å². The third-order valence-electron chi connectivity index (χ3n) is 5.60. The summed E-state index contributed by atoms with van der Waals surface area (Å²) in [6, 6.07) is 9.38. The molecular weight excluding hydrogens is 472 g/mol. The molecule has 2 aromatic carbocycles. The van der Waals surface area contributed by atoms with Gasteiger partial charge >= 0.3 is 0 Å².